The molecule has 0 fully saturated rings. The third-order valence-electron chi connectivity index (χ3n) is 2.75. The number of benzene rings is 1. The first-order chi connectivity index (χ1) is 8.27. The van der Waals surface area contributed by atoms with E-state index in [4.69, 9.17) is 0 Å². The van der Waals surface area contributed by atoms with Crippen LogP contribution in [-0.4, -0.2) is 19.7 Å². The van der Waals surface area contributed by atoms with Crippen molar-refractivity contribution < 1.29 is 0 Å². The molecule has 0 bridgehead atoms. The van der Waals surface area contributed by atoms with Crippen molar-refractivity contribution >= 4 is 11.0 Å². The van der Waals surface area contributed by atoms with Crippen LogP contribution in [0.4, 0.5) is 0 Å². The predicted octanol–water partition coefficient (Wildman–Crippen LogP) is 1.32. The second-order valence-electron chi connectivity index (χ2n) is 3.80. The highest BCUT2D eigenvalue weighted by atomic mass is 16.1. The molecule has 0 saturated heterocycles. The van der Waals surface area contributed by atoms with Crippen molar-refractivity contribution in [3.8, 4) is 11.3 Å². The number of H-pyrrole nitrogens is 1. The molecule has 84 valence electrons. The van der Waals surface area contributed by atoms with E-state index in [-0.39, 0.29) is 5.56 Å². The average molecular weight is 226 g/mol. The zero-order valence-electron chi connectivity index (χ0n) is 9.21. The lowest BCUT2D eigenvalue weighted by Gasteiger charge is -2.06. The topological polar surface area (TPSA) is 63.6 Å². The van der Waals surface area contributed by atoms with E-state index in [1.165, 1.54) is 0 Å². The van der Waals surface area contributed by atoms with Gasteiger partial charge in [-0.2, -0.15) is 5.10 Å². The van der Waals surface area contributed by atoms with Crippen molar-refractivity contribution in [2.75, 3.05) is 0 Å². The molecule has 3 rings (SSSR count). The van der Waals surface area contributed by atoms with E-state index in [2.05, 4.69) is 15.2 Å². The van der Waals surface area contributed by atoms with Crippen LogP contribution in [0.15, 0.2) is 41.5 Å². The fraction of sp³-hybridized carbons (Fsp3) is 0.0833. The number of aromatic nitrogens is 4. The summed E-state index contributed by atoms with van der Waals surface area (Å²) in [7, 11) is 1.75. The highest BCUT2D eigenvalue weighted by Gasteiger charge is 2.10. The molecule has 1 aromatic carbocycles. The Morgan fingerprint density at radius 3 is 2.88 bits per heavy atom. The van der Waals surface area contributed by atoms with Crippen LogP contribution in [0.25, 0.3) is 22.3 Å². The Bertz CT molecular complexity index is 728. The number of nitrogens with zero attached hydrogens (tertiary/aromatic N) is 3. The number of aromatic amines is 1. The van der Waals surface area contributed by atoms with Crippen LogP contribution >= 0.6 is 0 Å². The van der Waals surface area contributed by atoms with Gasteiger partial charge in [0.05, 0.1) is 17.2 Å². The zero-order valence-corrected chi connectivity index (χ0v) is 9.21. The summed E-state index contributed by atoms with van der Waals surface area (Å²) in [6.45, 7) is 0. The Balaban J connectivity index is 2.42. The highest BCUT2D eigenvalue weighted by Crippen LogP contribution is 2.15. The molecule has 0 radical (unpaired) electrons. The molecule has 0 atom stereocenters. The summed E-state index contributed by atoms with van der Waals surface area (Å²) in [5.74, 6) is 0. The lowest BCUT2D eigenvalue weighted by atomic mass is 10.2. The molecule has 2 aromatic heterocycles. The Morgan fingerprint density at radius 2 is 2.12 bits per heavy atom. The molecule has 0 unspecified atom stereocenters. The molecular formula is C12H10N4O. The molecule has 0 aliphatic heterocycles. The minimum absolute atomic E-state index is 0.120. The molecule has 1 N–H and O–H groups in total. The van der Waals surface area contributed by atoms with Crippen molar-refractivity contribution in [3.05, 3.63) is 47.0 Å². The summed E-state index contributed by atoms with van der Waals surface area (Å²) in [6, 6.07) is 7.56. The maximum atomic E-state index is 12.1. The molecule has 0 amide bonds. The number of para-hydroxylation sites is 2. The first kappa shape index (κ1) is 9.77. The molecule has 2 heterocycles. The number of aryl methyl sites for hydroxylation is 1. The van der Waals surface area contributed by atoms with Gasteiger partial charge in [-0.3, -0.25) is 9.89 Å². The normalized spacial score (nSPS) is 10.9. The van der Waals surface area contributed by atoms with Gasteiger partial charge in [0.2, 0.25) is 0 Å². The van der Waals surface area contributed by atoms with Gasteiger partial charge in [-0.25, -0.2) is 4.98 Å². The first-order valence-corrected chi connectivity index (χ1v) is 5.22. The van der Waals surface area contributed by atoms with Gasteiger partial charge >= 0.3 is 0 Å². The predicted molar refractivity (Wildman–Crippen MR) is 64.6 cm³/mol. The van der Waals surface area contributed by atoms with Crippen molar-refractivity contribution in [1.29, 1.82) is 0 Å². The fourth-order valence-electron chi connectivity index (χ4n) is 1.85. The van der Waals surface area contributed by atoms with E-state index in [1.54, 1.807) is 24.0 Å². The maximum absolute atomic E-state index is 12.1. The number of fused-ring (bicyclic) bond motifs is 1. The number of nitrogens with one attached hydrogen (secondary N) is 1. The van der Waals surface area contributed by atoms with Gasteiger partial charge in [-0.1, -0.05) is 12.1 Å². The summed E-state index contributed by atoms with van der Waals surface area (Å²) in [5.41, 5.74) is 2.62. The first-order valence-electron chi connectivity index (χ1n) is 5.22. The highest BCUT2D eigenvalue weighted by molar-refractivity contribution is 5.77. The standard InChI is InChI=1S/C12H10N4O/c1-16-10-5-3-2-4-9(10)15-11(12(16)17)8-6-13-14-7-8/h2-7H,1H3,(H,13,14). The minimum atomic E-state index is -0.120. The van der Waals surface area contributed by atoms with Crippen LogP contribution in [0.5, 0.6) is 0 Å². The Kier molecular flexibility index (Phi) is 2.04. The molecular weight excluding hydrogens is 216 g/mol. The maximum Gasteiger partial charge on any atom is 0.277 e. The summed E-state index contributed by atoms with van der Waals surface area (Å²) in [5, 5.41) is 6.52. The van der Waals surface area contributed by atoms with Crippen LogP contribution in [0.1, 0.15) is 0 Å². The van der Waals surface area contributed by atoms with Crippen LogP contribution in [0.2, 0.25) is 0 Å². The van der Waals surface area contributed by atoms with Crippen molar-refractivity contribution in [2.45, 2.75) is 0 Å². The van der Waals surface area contributed by atoms with E-state index in [1.807, 2.05) is 24.3 Å². The van der Waals surface area contributed by atoms with Gasteiger partial charge in [-0.15, -0.1) is 0 Å². The van der Waals surface area contributed by atoms with Gasteiger partial charge < -0.3 is 4.57 Å². The minimum Gasteiger partial charge on any atom is -0.308 e. The zero-order chi connectivity index (χ0) is 11.8. The van der Waals surface area contributed by atoms with E-state index in [0.29, 0.717) is 11.3 Å². The number of rotatable bonds is 1. The Morgan fingerprint density at radius 1 is 1.29 bits per heavy atom. The van der Waals surface area contributed by atoms with Crippen molar-refractivity contribution in [2.24, 2.45) is 7.05 Å². The summed E-state index contributed by atoms with van der Waals surface area (Å²) in [4.78, 5) is 16.5. The quantitative estimate of drug-likeness (QED) is 0.680. The van der Waals surface area contributed by atoms with Gasteiger partial charge in [0.1, 0.15) is 5.69 Å². The molecule has 0 spiro atoms. The van der Waals surface area contributed by atoms with E-state index < -0.39 is 0 Å². The fourth-order valence-corrected chi connectivity index (χ4v) is 1.85. The van der Waals surface area contributed by atoms with E-state index in [9.17, 15) is 4.79 Å². The van der Waals surface area contributed by atoms with Crippen LogP contribution in [0.3, 0.4) is 0 Å². The smallest absolute Gasteiger partial charge is 0.277 e. The summed E-state index contributed by atoms with van der Waals surface area (Å²) < 4.78 is 1.60. The third-order valence-corrected chi connectivity index (χ3v) is 2.75. The molecule has 17 heavy (non-hydrogen) atoms. The monoisotopic (exact) mass is 226 g/mol. The number of hydrogen-bond donors (Lipinski definition) is 1. The SMILES string of the molecule is Cn1c(=O)c(-c2cn[nH]c2)nc2ccccc21. The van der Waals surface area contributed by atoms with Crippen LogP contribution in [0, 0.1) is 0 Å². The summed E-state index contributed by atoms with van der Waals surface area (Å²) in [6.07, 6.45) is 3.26. The van der Waals surface area contributed by atoms with Gasteiger partial charge in [0.15, 0.2) is 0 Å². The third kappa shape index (κ3) is 1.44. The van der Waals surface area contributed by atoms with Gasteiger partial charge in [-0.05, 0) is 12.1 Å². The van der Waals surface area contributed by atoms with Crippen molar-refractivity contribution in [3.63, 3.8) is 0 Å². The molecule has 0 saturated carbocycles. The van der Waals surface area contributed by atoms with E-state index in [0.717, 1.165) is 11.0 Å². The van der Waals surface area contributed by atoms with Crippen molar-refractivity contribution in [1.82, 2.24) is 19.7 Å². The Labute approximate surface area is 96.7 Å². The van der Waals surface area contributed by atoms with Crippen LogP contribution in [-0.2, 0) is 7.05 Å². The largest absolute Gasteiger partial charge is 0.308 e. The Hall–Kier alpha value is -2.43. The number of hydrogen-bond acceptors (Lipinski definition) is 3. The molecule has 0 aliphatic carbocycles. The summed E-state index contributed by atoms with van der Waals surface area (Å²) >= 11 is 0. The molecule has 3 aromatic rings. The van der Waals surface area contributed by atoms with E-state index >= 15 is 0 Å². The molecule has 5 heteroatoms. The average Bonchev–Trinajstić information content (AvgIpc) is 2.87. The molecule has 5 nitrogen and oxygen atoms in total. The van der Waals surface area contributed by atoms with Crippen LogP contribution < -0.4 is 5.56 Å². The lowest BCUT2D eigenvalue weighted by Crippen LogP contribution is -2.20. The van der Waals surface area contributed by atoms with Gasteiger partial charge in [0.25, 0.3) is 5.56 Å². The van der Waals surface area contributed by atoms with Gasteiger partial charge in [0, 0.05) is 18.8 Å². The molecule has 0 aliphatic rings. The second-order valence-corrected chi connectivity index (χ2v) is 3.80. The lowest BCUT2D eigenvalue weighted by molar-refractivity contribution is 0.896. The second kappa shape index (κ2) is 3.55.